The van der Waals surface area contributed by atoms with Crippen molar-refractivity contribution in [3.63, 3.8) is 0 Å². The first-order chi connectivity index (χ1) is 14.7. The second kappa shape index (κ2) is 11.6. The number of hydrogen-bond acceptors (Lipinski definition) is 5. The zero-order valence-electron chi connectivity index (χ0n) is 18.0. The quantitative estimate of drug-likeness (QED) is 0.406. The number of carbonyl (C=O) groups is 2. The standard InChI is InChI=1S/C24H35N3O3/c1-2-30-23(28)13-8-16-25-24(29)21-15-14-20(26-18-9-4-3-5-10-18)17-22(21)27-19-11-6-7-12-19/h8,13-15,17-19,26-27H,2-7,9-12,16H2,1H3,(H,25,29)/b13-8+. The van der Waals surface area contributed by atoms with Crippen LogP contribution in [0.2, 0.25) is 0 Å². The average Bonchev–Trinajstić information content (AvgIpc) is 3.25. The van der Waals surface area contributed by atoms with Crippen molar-refractivity contribution in [3.05, 3.63) is 35.9 Å². The molecule has 30 heavy (non-hydrogen) atoms. The molecule has 0 saturated heterocycles. The summed E-state index contributed by atoms with van der Waals surface area (Å²) in [5.41, 5.74) is 2.59. The Balaban J connectivity index is 1.66. The fourth-order valence-electron chi connectivity index (χ4n) is 4.32. The molecule has 3 rings (SSSR count). The summed E-state index contributed by atoms with van der Waals surface area (Å²) >= 11 is 0. The molecule has 1 amide bonds. The summed E-state index contributed by atoms with van der Waals surface area (Å²) in [6, 6.07) is 6.91. The molecule has 6 heteroatoms. The summed E-state index contributed by atoms with van der Waals surface area (Å²) in [6.45, 7) is 2.38. The Kier molecular flexibility index (Phi) is 8.60. The minimum Gasteiger partial charge on any atom is -0.463 e. The van der Waals surface area contributed by atoms with E-state index in [4.69, 9.17) is 4.74 Å². The molecule has 0 heterocycles. The van der Waals surface area contributed by atoms with Crippen LogP contribution < -0.4 is 16.0 Å². The molecule has 2 aliphatic carbocycles. The summed E-state index contributed by atoms with van der Waals surface area (Å²) < 4.78 is 4.85. The van der Waals surface area contributed by atoms with Crippen molar-refractivity contribution in [2.45, 2.75) is 76.8 Å². The Morgan fingerprint density at radius 1 is 1.00 bits per heavy atom. The van der Waals surface area contributed by atoms with E-state index in [1.165, 1.54) is 51.0 Å². The van der Waals surface area contributed by atoms with Gasteiger partial charge < -0.3 is 20.7 Å². The molecular weight excluding hydrogens is 378 g/mol. The number of carbonyl (C=O) groups excluding carboxylic acids is 2. The minimum absolute atomic E-state index is 0.145. The number of esters is 1. The smallest absolute Gasteiger partial charge is 0.330 e. The van der Waals surface area contributed by atoms with Crippen molar-refractivity contribution in [1.82, 2.24) is 5.32 Å². The Hall–Kier alpha value is -2.50. The van der Waals surface area contributed by atoms with E-state index in [1.807, 2.05) is 12.1 Å². The molecule has 3 N–H and O–H groups in total. The summed E-state index contributed by atoms with van der Waals surface area (Å²) in [7, 11) is 0. The van der Waals surface area contributed by atoms with Crippen LogP contribution >= 0.6 is 0 Å². The van der Waals surface area contributed by atoms with E-state index in [9.17, 15) is 9.59 Å². The normalized spacial score (nSPS) is 17.8. The van der Waals surface area contributed by atoms with E-state index in [0.717, 1.165) is 24.2 Å². The van der Waals surface area contributed by atoms with Gasteiger partial charge in [-0.25, -0.2) is 4.79 Å². The topological polar surface area (TPSA) is 79.5 Å². The fraction of sp³-hybridized carbons (Fsp3) is 0.583. The molecule has 0 aliphatic heterocycles. The van der Waals surface area contributed by atoms with Gasteiger partial charge in [0.25, 0.3) is 5.91 Å². The third-order valence-corrected chi connectivity index (χ3v) is 5.88. The molecule has 2 aliphatic rings. The third-order valence-electron chi connectivity index (χ3n) is 5.88. The first kappa shape index (κ1) is 22.2. The Morgan fingerprint density at radius 3 is 2.37 bits per heavy atom. The highest BCUT2D eigenvalue weighted by Crippen LogP contribution is 2.28. The van der Waals surface area contributed by atoms with E-state index in [-0.39, 0.29) is 12.5 Å². The lowest BCUT2D eigenvalue weighted by molar-refractivity contribution is -0.137. The van der Waals surface area contributed by atoms with E-state index in [2.05, 4.69) is 22.0 Å². The molecular formula is C24H35N3O3. The van der Waals surface area contributed by atoms with E-state index < -0.39 is 5.97 Å². The zero-order valence-corrected chi connectivity index (χ0v) is 18.0. The van der Waals surface area contributed by atoms with Crippen molar-refractivity contribution in [1.29, 1.82) is 0 Å². The number of amides is 1. The average molecular weight is 414 g/mol. The Morgan fingerprint density at radius 2 is 1.67 bits per heavy atom. The van der Waals surface area contributed by atoms with Gasteiger partial charge in [-0.1, -0.05) is 38.2 Å². The van der Waals surface area contributed by atoms with E-state index >= 15 is 0 Å². The van der Waals surface area contributed by atoms with Crippen LogP contribution in [0.4, 0.5) is 11.4 Å². The highest BCUT2D eigenvalue weighted by molar-refractivity contribution is 6.00. The van der Waals surface area contributed by atoms with Gasteiger partial charge in [0.15, 0.2) is 0 Å². The molecule has 2 fully saturated rings. The van der Waals surface area contributed by atoms with Crippen molar-refractivity contribution in [2.75, 3.05) is 23.8 Å². The summed E-state index contributed by atoms with van der Waals surface area (Å²) in [5.74, 6) is -0.540. The van der Waals surface area contributed by atoms with Crippen LogP contribution in [-0.2, 0) is 9.53 Å². The maximum absolute atomic E-state index is 12.8. The van der Waals surface area contributed by atoms with Crippen LogP contribution in [0, 0.1) is 0 Å². The summed E-state index contributed by atoms with van der Waals surface area (Å²) in [5, 5.41) is 10.1. The van der Waals surface area contributed by atoms with Crippen LogP contribution in [0.15, 0.2) is 30.4 Å². The fourth-order valence-corrected chi connectivity index (χ4v) is 4.32. The highest BCUT2D eigenvalue weighted by atomic mass is 16.5. The zero-order chi connectivity index (χ0) is 21.2. The number of anilines is 2. The number of ether oxygens (including phenoxy) is 1. The van der Waals surface area contributed by atoms with Gasteiger partial charge in [0.05, 0.1) is 12.2 Å². The number of rotatable bonds is 9. The molecule has 0 spiro atoms. The second-order valence-electron chi connectivity index (χ2n) is 8.23. The monoisotopic (exact) mass is 413 g/mol. The number of hydrogen-bond donors (Lipinski definition) is 3. The van der Waals surface area contributed by atoms with E-state index in [1.54, 1.807) is 13.0 Å². The van der Waals surface area contributed by atoms with E-state index in [0.29, 0.717) is 24.3 Å². The van der Waals surface area contributed by atoms with Gasteiger partial charge in [0, 0.05) is 36.1 Å². The van der Waals surface area contributed by atoms with Gasteiger partial charge in [-0.05, 0) is 50.8 Å². The predicted octanol–water partition coefficient (Wildman–Crippen LogP) is 4.63. The van der Waals surface area contributed by atoms with Crippen LogP contribution in [0.25, 0.3) is 0 Å². The van der Waals surface area contributed by atoms with Gasteiger partial charge in [0.1, 0.15) is 0 Å². The SMILES string of the molecule is CCOC(=O)/C=C/CNC(=O)c1ccc(NC2CCCCC2)cc1NC1CCCC1. The molecule has 0 unspecified atom stereocenters. The number of nitrogens with one attached hydrogen (secondary N) is 3. The maximum atomic E-state index is 12.8. The van der Waals surface area contributed by atoms with Gasteiger partial charge >= 0.3 is 5.97 Å². The predicted molar refractivity (Wildman–Crippen MR) is 121 cm³/mol. The molecule has 6 nitrogen and oxygen atoms in total. The Bertz CT molecular complexity index is 735. The number of benzene rings is 1. The third kappa shape index (κ3) is 6.78. The van der Waals surface area contributed by atoms with Gasteiger partial charge in [-0.3, -0.25) is 4.79 Å². The van der Waals surface area contributed by atoms with Crippen molar-refractivity contribution < 1.29 is 14.3 Å². The highest BCUT2D eigenvalue weighted by Gasteiger charge is 2.20. The van der Waals surface area contributed by atoms with Crippen molar-refractivity contribution in [3.8, 4) is 0 Å². The van der Waals surface area contributed by atoms with Crippen LogP contribution in [0.3, 0.4) is 0 Å². The lowest BCUT2D eigenvalue weighted by Gasteiger charge is -2.25. The molecule has 164 valence electrons. The molecule has 1 aromatic rings. The van der Waals surface area contributed by atoms with Crippen molar-refractivity contribution in [2.24, 2.45) is 0 Å². The first-order valence-corrected chi connectivity index (χ1v) is 11.4. The summed E-state index contributed by atoms with van der Waals surface area (Å²) in [4.78, 5) is 24.2. The molecule has 0 radical (unpaired) electrons. The molecule has 0 aromatic heterocycles. The minimum atomic E-state index is -0.395. The van der Waals surface area contributed by atoms with Crippen LogP contribution in [0.5, 0.6) is 0 Å². The second-order valence-corrected chi connectivity index (χ2v) is 8.23. The van der Waals surface area contributed by atoms with Gasteiger partial charge in [-0.2, -0.15) is 0 Å². The maximum Gasteiger partial charge on any atom is 0.330 e. The molecule has 1 aromatic carbocycles. The first-order valence-electron chi connectivity index (χ1n) is 11.4. The van der Waals surface area contributed by atoms with Crippen LogP contribution in [-0.4, -0.2) is 37.1 Å². The Labute approximate surface area is 179 Å². The van der Waals surface area contributed by atoms with Gasteiger partial charge in [-0.15, -0.1) is 0 Å². The largest absolute Gasteiger partial charge is 0.463 e. The van der Waals surface area contributed by atoms with Crippen LogP contribution in [0.1, 0.15) is 75.1 Å². The molecule has 0 atom stereocenters. The molecule has 2 saturated carbocycles. The lowest BCUT2D eigenvalue weighted by atomic mass is 9.95. The lowest BCUT2D eigenvalue weighted by Crippen LogP contribution is -2.26. The summed E-state index contributed by atoms with van der Waals surface area (Å²) in [6.07, 6.45) is 14.0. The van der Waals surface area contributed by atoms with Gasteiger partial charge in [0.2, 0.25) is 0 Å². The molecule has 0 bridgehead atoms. The van der Waals surface area contributed by atoms with Crippen molar-refractivity contribution >= 4 is 23.3 Å².